The lowest BCUT2D eigenvalue weighted by molar-refractivity contribution is 0.344. The molecule has 1 aliphatic rings. The third-order valence-electron chi connectivity index (χ3n) is 3.25. The maximum absolute atomic E-state index is 4.19. The standard InChI is InChI=1S/C12H23N/c1-10(2)11(3)9-12(4)13-7-5-6-8-13/h10-11H,4-9H2,1-3H3/t11-/m1/s1. The number of likely N-dealkylation sites (tertiary alicyclic amines) is 1. The summed E-state index contributed by atoms with van der Waals surface area (Å²) < 4.78 is 0. The molecule has 0 saturated carbocycles. The molecule has 13 heavy (non-hydrogen) atoms. The average molecular weight is 181 g/mol. The van der Waals surface area contributed by atoms with Crippen molar-refractivity contribution in [3.8, 4) is 0 Å². The fourth-order valence-electron chi connectivity index (χ4n) is 1.77. The molecule has 1 saturated heterocycles. The van der Waals surface area contributed by atoms with E-state index < -0.39 is 0 Å². The Balaban J connectivity index is 2.31. The van der Waals surface area contributed by atoms with Crippen LogP contribution in [-0.2, 0) is 0 Å². The molecule has 0 radical (unpaired) electrons. The normalized spacial score (nSPS) is 19.5. The molecule has 0 unspecified atom stereocenters. The summed E-state index contributed by atoms with van der Waals surface area (Å²) in [5.41, 5.74) is 1.36. The Morgan fingerprint density at radius 3 is 2.23 bits per heavy atom. The first-order chi connectivity index (χ1) is 6.11. The van der Waals surface area contributed by atoms with E-state index in [1.807, 2.05) is 0 Å². The number of hydrogen-bond acceptors (Lipinski definition) is 1. The van der Waals surface area contributed by atoms with E-state index in [0.717, 1.165) is 11.8 Å². The van der Waals surface area contributed by atoms with Crippen molar-refractivity contribution >= 4 is 0 Å². The van der Waals surface area contributed by atoms with Crippen molar-refractivity contribution in [2.45, 2.75) is 40.0 Å². The highest BCUT2D eigenvalue weighted by molar-refractivity contribution is 4.97. The largest absolute Gasteiger partial charge is 0.375 e. The van der Waals surface area contributed by atoms with Gasteiger partial charge in [-0.3, -0.25) is 0 Å². The van der Waals surface area contributed by atoms with Crippen LogP contribution < -0.4 is 0 Å². The Bertz CT molecular complexity index is 166. The molecular weight excluding hydrogens is 158 g/mol. The molecule has 0 amide bonds. The molecule has 0 N–H and O–H groups in total. The van der Waals surface area contributed by atoms with Crippen molar-refractivity contribution < 1.29 is 0 Å². The second kappa shape index (κ2) is 4.69. The summed E-state index contributed by atoms with van der Waals surface area (Å²) in [5, 5.41) is 0. The second-order valence-corrected chi connectivity index (χ2v) is 4.69. The quantitative estimate of drug-likeness (QED) is 0.643. The minimum absolute atomic E-state index is 0.771. The van der Waals surface area contributed by atoms with Crippen LogP contribution in [-0.4, -0.2) is 18.0 Å². The molecule has 1 nitrogen and oxygen atoms in total. The molecule has 1 atom stereocenters. The van der Waals surface area contributed by atoms with E-state index in [9.17, 15) is 0 Å². The molecule has 0 aromatic heterocycles. The van der Waals surface area contributed by atoms with E-state index in [1.54, 1.807) is 0 Å². The van der Waals surface area contributed by atoms with Crippen molar-refractivity contribution in [2.24, 2.45) is 11.8 Å². The molecule has 76 valence electrons. The summed E-state index contributed by atoms with van der Waals surface area (Å²) in [4.78, 5) is 2.46. The Kier molecular flexibility index (Phi) is 3.83. The van der Waals surface area contributed by atoms with Gasteiger partial charge in [0.15, 0.2) is 0 Å². The van der Waals surface area contributed by atoms with Crippen LogP contribution in [0.3, 0.4) is 0 Å². The van der Waals surface area contributed by atoms with Crippen molar-refractivity contribution in [1.82, 2.24) is 4.90 Å². The smallest absolute Gasteiger partial charge is 0.0175 e. The zero-order chi connectivity index (χ0) is 9.84. The van der Waals surface area contributed by atoms with E-state index >= 15 is 0 Å². The molecule has 1 rings (SSSR count). The van der Waals surface area contributed by atoms with Gasteiger partial charge in [-0.1, -0.05) is 27.4 Å². The van der Waals surface area contributed by atoms with Crippen molar-refractivity contribution in [1.29, 1.82) is 0 Å². The fraction of sp³-hybridized carbons (Fsp3) is 0.833. The first kappa shape index (κ1) is 10.6. The highest BCUT2D eigenvalue weighted by Gasteiger charge is 2.16. The monoisotopic (exact) mass is 181 g/mol. The van der Waals surface area contributed by atoms with Gasteiger partial charge in [-0.05, 0) is 31.1 Å². The SMILES string of the molecule is C=C(C[C@@H](C)C(C)C)N1CCCC1. The van der Waals surface area contributed by atoms with Gasteiger partial charge in [0.1, 0.15) is 0 Å². The van der Waals surface area contributed by atoms with Gasteiger partial charge in [0, 0.05) is 18.8 Å². The number of nitrogens with zero attached hydrogens (tertiary/aromatic N) is 1. The van der Waals surface area contributed by atoms with Crippen LogP contribution in [0.1, 0.15) is 40.0 Å². The summed E-state index contributed by atoms with van der Waals surface area (Å²) in [5.74, 6) is 1.55. The first-order valence-corrected chi connectivity index (χ1v) is 5.54. The lowest BCUT2D eigenvalue weighted by Crippen LogP contribution is -2.20. The summed E-state index contributed by atoms with van der Waals surface area (Å²) >= 11 is 0. The molecule has 1 fully saturated rings. The van der Waals surface area contributed by atoms with E-state index in [4.69, 9.17) is 0 Å². The number of hydrogen-bond donors (Lipinski definition) is 0. The van der Waals surface area contributed by atoms with Crippen LogP contribution in [0, 0.1) is 11.8 Å². The predicted molar refractivity (Wildman–Crippen MR) is 58.6 cm³/mol. The minimum atomic E-state index is 0.771. The first-order valence-electron chi connectivity index (χ1n) is 5.54. The van der Waals surface area contributed by atoms with E-state index in [-0.39, 0.29) is 0 Å². The molecule has 0 spiro atoms. The molecule has 0 aromatic carbocycles. The number of allylic oxidation sites excluding steroid dienone is 1. The summed E-state index contributed by atoms with van der Waals surface area (Å²) in [7, 11) is 0. The third-order valence-corrected chi connectivity index (χ3v) is 3.25. The van der Waals surface area contributed by atoms with E-state index in [1.165, 1.54) is 38.0 Å². The van der Waals surface area contributed by atoms with Gasteiger partial charge in [-0.2, -0.15) is 0 Å². The fourth-order valence-corrected chi connectivity index (χ4v) is 1.77. The highest BCUT2D eigenvalue weighted by atomic mass is 15.1. The molecule has 1 heteroatoms. The molecule has 0 aromatic rings. The number of rotatable bonds is 4. The van der Waals surface area contributed by atoms with Crippen LogP contribution in [0.2, 0.25) is 0 Å². The van der Waals surface area contributed by atoms with Gasteiger partial charge >= 0.3 is 0 Å². The van der Waals surface area contributed by atoms with Crippen LogP contribution in [0.5, 0.6) is 0 Å². The molecular formula is C12H23N. The van der Waals surface area contributed by atoms with Gasteiger partial charge in [0.25, 0.3) is 0 Å². The maximum Gasteiger partial charge on any atom is 0.0175 e. The Morgan fingerprint density at radius 1 is 1.23 bits per heavy atom. The Morgan fingerprint density at radius 2 is 1.77 bits per heavy atom. The van der Waals surface area contributed by atoms with Gasteiger partial charge < -0.3 is 4.90 Å². The molecule has 1 heterocycles. The highest BCUT2D eigenvalue weighted by Crippen LogP contribution is 2.23. The average Bonchev–Trinajstić information content (AvgIpc) is 2.55. The minimum Gasteiger partial charge on any atom is -0.375 e. The van der Waals surface area contributed by atoms with Gasteiger partial charge in [-0.15, -0.1) is 0 Å². The van der Waals surface area contributed by atoms with Crippen molar-refractivity contribution in [3.63, 3.8) is 0 Å². The van der Waals surface area contributed by atoms with Gasteiger partial charge in [0.2, 0.25) is 0 Å². The maximum atomic E-state index is 4.19. The molecule has 1 aliphatic heterocycles. The van der Waals surface area contributed by atoms with Crippen molar-refractivity contribution in [2.75, 3.05) is 13.1 Å². The van der Waals surface area contributed by atoms with Gasteiger partial charge in [0.05, 0.1) is 0 Å². The van der Waals surface area contributed by atoms with Crippen LogP contribution in [0.15, 0.2) is 12.3 Å². The lowest BCUT2D eigenvalue weighted by Gasteiger charge is -2.24. The van der Waals surface area contributed by atoms with E-state index in [2.05, 4.69) is 32.3 Å². The van der Waals surface area contributed by atoms with Crippen LogP contribution in [0.4, 0.5) is 0 Å². The molecule has 0 bridgehead atoms. The second-order valence-electron chi connectivity index (χ2n) is 4.69. The van der Waals surface area contributed by atoms with Crippen molar-refractivity contribution in [3.05, 3.63) is 12.3 Å². The van der Waals surface area contributed by atoms with Gasteiger partial charge in [-0.25, -0.2) is 0 Å². The Labute approximate surface area is 82.8 Å². The third kappa shape index (κ3) is 3.06. The summed E-state index contributed by atoms with van der Waals surface area (Å²) in [6.07, 6.45) is 3.89. The zero-order valence-corrected chi connectivity index (χ0v) is 9.34. The topological polar surface area (TPSA) is 3.24 Å². The van der Waals surface area contributed by atoms with E-state index in [0.29, 0.717) is 0 Å². The lowest BCUT2D eigenvalue weighted by atomic mass is 9.93. The predicted octanol–water partition coefficient (Wildman–Crippen LogP) is 3.28. The van der Waals surface area contributed by atoms with Crippen LogP contribution in [0.25, 0.3) is 0 Å². The zero-order valence-electron chi connectivity index (χ0n) is 9.34. The molecule has 0 aliphatic carbocycles. The summed E-state index contributed by atoms with van der Waals surface area (Å²) in [6.45, 7) is 13.6. The van der Waals surface area contributed by atoms with Crippen LogP contribution >= 0.6 is 0 Å². The summed E-state index contributed by atoms with van der Waals surface area (Å²) in [6, 6.07) is 0. The Hall–Kier alpha value is -0.460.